The second kappa shape index (κ2) is 4.22. The zero-order valence-corrected chi connectivity index (χ0v) is 9.80. The summed E-state index contributed by atoms with van der Waals surface area (Å²) in [5.41, 5.74) is 0.851. The van der Waals surface area contributed by atoms with Crippen LogP contribution in [-0.4, -0.2) is 22.4 Å². The third-order valence-electron chi connectivity index (χ3n) is 4.03. The highest BCUT2D eigenvalue weighted by Crippen LogP contribution is 2.41. The Morgan fingerprint density at radius 1 is 1.18 bits per heavy atom. The smallest absolute Gasteiger partial charge is 0.160 e. The molecule has 1 aromatic rings. The average molecular weight is 234 g/mol. The van der Waals surface area contributed by atoms with E-state index in [2.05, 4.69) is 0 Å². The van der Waals surface area contributed by atoms with Crippen molar-refractivity contribution in [3.8, 4) is 11.5 Å². The molecule has 0 aromatic heterocycles. The van der Waals surface area contributed by atoms with E-state index >= 15 is 0 Å². The van der Waals surface area contributed by atoms with E-state index in [1.165, 1.54) is 25.3 Å². The summed E-state index contributed by atoms with van der Waals surface area (Å²) in [6, 6.07) is 5.18. The first-order chi connectivity index (χ1) is 8.24. The maximum Gasteiger partial charge on any atom is 0.160 e. The molecular formula is C14H18O3. The van der Waals surface area contributed by atoms with Crippen molar-refractivity contribution < 1.29 is 14.9 Å². The summed E-state index contributed by atoms with van der Waals surface area (Å²) < 4.78 is 5.51. The molecule has 3 nitrogen and oxygen atoms in total. The van der Waals surface area contributed by atoms with Gasteiger partial charge in [0.15, 0.2) is 11.5 Å². The second-order valence-corrected chi connectivity index (χ2v) is 5.22. The summed E-state index contributed by atoms with van der Waals surface area (Å²) in [7, 11) is 0. The minimum absolute atomic E-state index is 0.0169. The highest BCUT2D eigenvalue weighted by atomic mass is 16.6. The van der Waals surface area contributed by atoms with E-state index in [1.54, 1.807) is 6.07 Å². The molecule has 3 atom stereocenters. The largest absolute Gasteiger partial charge is 0.504 e. The van der Waals surface area contributed by atoms with Gasteiger partial charge in [0.05, 0.1) is 12.2 Å². The van der Waals surface area contributed by atoms with Crippen molar-refractivity contribution in [3.05, 3.63) is 23.8 Å². The minimum Gasteiger partial charge on any atom is -0.504 e. The van der Waals surface area contributed by atoms with Gasteiger partial charge in [-0.25, -0.2) is 0 Å². The summed E-state index contributed by atoms with van der Waals surface area (Å²) in [6.45, 7) is 0. The van der Waals surface area contributed by atoms with Gasteiger partial charge in [0.25, 0.3) is 0 Å². The van der Waals surface area contributed by atoms with Gasteiger partial charge in [-0.3, -0.25) is 0 Å². The van der Waals surface area contributed by atoms with Gasteiger partial charge in [0, 0.05) is 0 Å². The third kappa shape index (κ3) is 2.25. The van der Waals surface area contributed by atoms with Crippen LogP contribution in [0.3, 0.4) is 0 Å². The number of benzene rings is 1. The topological polar surface area (TPSA) is 53.0 Å². The molecule has 0 amide bonds. The van der Waals surface area contributed by atoms with E-state index in [-0.39, 0.29) is 11.5 Å². The van der Waals surface area contributed by atoms with E-state index in [9.17, 15) is 10.2 Å². The first-order valence-electron chi connectivity index (χ1n) is 6.39. The van der Waals surface area contributed by atoms with Gasteiger partial charge in [-0.1, -0.05) is 12.1 Å². The Hall–Kier alpha value is -1.22. The number of fused-ring (bicyclic) bond motifs is 1. The van der Waals surface area contributed by atoms with Crippen LogP contribution in [0.5, 0.6) is 11.5 Å². The van der Waals surface area contributed by atoms with Crippen molar-refractivity contribution in [2.24, 2.45) is 5.92 Å². The maximum atomic E-state index is 9.71. The molecule has 0 spiro atoms. The molecular weight excluding hydrogens is 216 g/mol. The number of aryl methyl sites for hydroxylation is 1. The normalized spacial score (nSPS) is 30.9. The van der Waals surface area contributed by atoms with Crippen LogP contribution in [-0.2, 0) is 11.2 Å². The van der Waals surface area contributed by atoms with E-state index in [4.69, 9.17) is 4.74 Å². The van der Waals surface area contributed by atoms with E-state index in [0.717, 1.165) is 18.4 Å². The van der Waals surface area contributed by atoms with Crippen molar-refractivity contribution in [1.29, 1.82) is 0 Å². The molecule has 1 saturated carbocycles. The fourth-order valence-corrected chi connectivity index (χ4v) is 2.89. The first-order valence-corrected chi connectivity index (χ1v) is 6.39. The van der Waals surface area contributed by atoms with Gasteiger partial charge in [-0.2, -0.15) is 0 Å². The lowest BCUT2D eigenvalue weighted by atomic mass is 9.85. The average Bonchev–Trinajstić information content (AvgIpc) is 3.09. The van der Waals surface area contributed by atoms with Crippen LogP contribution >= 0.6 is 0 Å². The fraction of sp³-hybridized carbons (Fsp3) is 0.571. The molecule has 3 heteroatoms. The number of para-hydroxylation sites is 1. The predicted octanol–water partition coefficient (Wildman–Crippen LogP) is 2.60. The molecule has 1 heterocycles. The second-order valence-electron chi connectivity index (χ2n) is 5.22. The van der Waals surface area contributed by atoms with Crippen LogP contribution in [0.4, 0.5) is 0 Å². The molecule has 0 bridgehead atoms. The van der Waals surface area contributed by atoms with Gasteiger partial charge in [-0.15, -0.1) is 0 Å². The summed E-state index contributed by atoms with van der Waals surface area (Å²) in [4.78, 5) is 0. The lowest BCUT2D eigenvalue weighted by Crippen LogP contribution is -2.14. The number of phenols is 2. The molecule has 1 aliphatic heterocycles. The SMILES string of the molecule is Oc1cccc(CCC2CCC3OC3C2)c1O. The van der Waals surface area contributed by atoms with Gasteiger partial charge in [-0.05, 0) is 49.7 Å². The summed E-state index contributed by atoms with van der Waals surface area (Å²) >= 11 is 0. The van der Waals surface area contributed by atoms with Crippen LogP contribution in [0.25, 0.3) is 0 Å². The van der Waals surface area contributed by atoms with Crippen molar-refractivity contribution in [2.75, 3.05) is 0 Å². The zero-order valence-electron chi connectivity index (χ0n) is 9.80. The van der Waals surface area contributed by atoms with E-state index in [0.29, 0.717) is 18.1 Å². The summed E-state index contributed by atoms with van der Waals surface area (Å²) in [5.74, 6) is 0.737. The lowest BCUT2D eigenvalue weighted by molar-refractivity contribution is 0.349. The zero-order chi connectivity index (χ0) is 11.8. The predicted molar refractivity (Wildman–Crippen MR) is 64.1 cm³/mol. The van der Waals surface area contributed by atoms with Crippen molar-refractivity contribution >= 4 is 0 Å². The molecule has 2 fully saturated rings. The Labute approximate surface area is 101 Å². The molecule has 17 heavy (non-hydrogen) atoms. The Morgan fingerprint density at radius 2 is 2.06 bits per heavy atom. The van der Waals surface area contributed by atoms with Crippen LogP contribution in [0.1, 0.15) is 31.2 Å². The number of phenolic OH excluding ortho intramolecular Hbond substituents is 2. The molecule has 2 aliphatic rings. The Kier molecular flexibility index (Phi) is 2.71. The van der Waals surface area contributed by atoms with E-state index in [1.807, 2.05) is 6.07 Å². The minimum atomic E-state index is -0.0169. The van der Waals surface area contributed by atoms with Gasteiger partial charge >= 0.3 is 0 Å². The van der Waals surface area contributed by atoms with Crippen LogP contribution in [0.2, 0.25) is 0 Å². The Bertz CT molecular complexity index is 416. The number of epoxide rings is 1. The molecule has 92 valence electrons. The summed E-state index contributed by atoms with van der Waals surface area (Å²) in [6.07, 6.45) is 6.59. The fourth-order valence-electron chi connectivity index (χ4n) is 2.89. The lowest BCUT2D eigenvalue weighted by Gasteiger charge is -2.18. The molecule has 1 saturated heterocycles. The number of aromatic hydroxyl groups is 2. The van der Waals surface area contributed by atoms with Crippen molar-refractivity contribution in [1.82, 2.24) is 0 Å². The number of hydrogen-bond donors (Lipinski definition) is 2. The van der Waals surface area contributed by atoms with Gasteiger partial charge < -0.3 is 14.9 Å². The van der Waals surface area contributed by atoms with Crippen LogP contribution in [0, 0.1) is 5.92 Å². The molecule has 2 N–H and O–H groups in total. The quantitative estimate of drug-likeness (QED) is 0.624. The Morgan fingerprint density at radius 3 is 2.88 bits per heavy atom. The van der Waals surface area contributed by atoms with Crippen molar-refractivity contribution in [2.45, 2.75) is 44.3 Å². The molecule has 3 unspecified atom stereocenters. The van der Waals surface area contributed by atoms with Gasteiger partial charge in [0.2, 0.25) is 0 Å². The number of ether oxygens (including phenoxy) is 1. The van der Waals surface area contributed by atoms with Gasteiger partial charge in [0.1, 0.15) is 0 Å². The van der Waals surface area contributed by atoms with Crippen molar-refractivity contribution in [3.63, 3.8) is 0 Å². The molecule has 0 radical (unpaired) electrons. The van der Waals surface area contributed by atoms with Crippen LogP contribution in [0.15, 0.2) is 18.2 Å². The maximum absolute atomic E-state index is 9.71. The monoisotopic (exact) mass is 234 g/mol. The highest BCUT2D eigenvalue weighted by Gasteiger charge is 2.43. The highest BCUT2D eigenvalue weighted by molar-refractivity contribution is 5.44. The number of hydrogen-bond acceptors (Lipinski definition) is 3. The standard InChI is InChI=1S/C14H18O3/c15-11-3-1-2-10(14(11)16)6-4-9-5-7-12-13(8-9)17-12/h1-3,9,12-13,15-16H,4-8H2. The molecule has 1 aliphatic carbocycles. The van der Waals surface area contributed by atoms with Crippen LogP contribution < -0.4 is 0 Å². The molecule has 1 aromatic carbocycles. The van der Waals surface area contributed by atoms with E-state index < -0.39 is 0 Å². The first kappa shape index (κ1) is 10.9. The third-order valence-corrected chi connectivity index (χ3v) is 4.03. The molecule has 3 rings (SSSR count). The number of rotatable bonds is 3. The summed E-state index contributed by atoms with van der Waals surface area (Å²) in [5, 5.41) is 19.1. The Balaban J connectivity index is 1.58.